The second-order valence-electron chi connectivity index (χ2n) is 5.65. The van der Waals surface area contributed by atoms with E-state index in [1.54, 1.807) is 0 Å². The van der Waals surface area contributed by atoms with Gasteiger partial charge in [-0.3, -0.25) is 0 Å². The Kier molecular flexibility index (Phi) is 5.08. The second kappa shape index (κ2) is 4.80. The molecule has 0 aliphatic carbocycles. The van der Waals surface area contributed by atoms with Gasteiger partial charge in [-0.1, -0.05) is 63.1 Å². The summed E-state index contributed by atoms with van der Waals surface area (Å²) in [6.45, 7) is 13.7. The lowest BCUT2D eigenvalue weighted by Crippen LogP contribution is -2.10. The minimum atomic E-state index is 0.468. The molecule has 0 heterocycles. The van der Waals surface area contributed by atoms with E-state index in [4.69, 9.17) is 0 Å². The van der Waals surface area contributed by atoms with Crippen LogP contribution in [0.2, 0.25) is 0 Å². The first-order valence-electron chi connectivity index (χ1n) is 4.45. The average molecular weight is 206 g/mol. The van der Waals surface area contributed by atoms with Crippen LogP contribution in [-0.2, 0) is 0 Å². The molecule has 0 radical (unpaired) electrons. The Morgan fingerprint density at radius 2 is 0.917 bits per heavy atom. The Labute approximate surface area is 85.7 Å². The molecule has 0 bridgehead atoms. The van der Waals surface area contributed by atoms with Crippen LogP contribution < -0.4 is 0 Å². The fraction of sp³-hybridized carbons (Fsp3) is 1.00. The van der Waals surface area contributed by atoms with Crippen molar-refractivity contribution in [3.63, 3.8) is 0 Å². The minimum Gasteiger partial charge on any atom is -0.0936 e. The number of hydrogen-bond donors (Lipinski definition) is 0. The van der Waals surface area contributed by atoms with Crippen molar-refractivity contribution in [3.05, 3.63) is 0 Å². The van der Waals surface area contributed by atoms with E-state index >= 15 is 0 Å². The fourth-order valence-corrected chi connectivity index (χ4v) is 3.93. The Bertz CT molecular complexity index is 101. The van der Waals surface area contributed by atoms with Crippen molar-refractivity contribution in [2.24, 2.45) is 10.8 Å². The quantitative estimate of drug-likeness (QED) is 0.494. The van der Waals surface area contributed by atoms with Crippen LogP contribution in [0.25, 0.3) is 0 Å². The van der Waals surface area contributed by atoms with Gasteiger partial charge in [-0.25, -0.2) is 0 Å². The van der Waals surface area contributed by atoms with E-state index in [1.807, 2.05) is 21.6 Å². The number of rotatable bonds is 3. The van der Waals surface area contributed by atoms with Crippen LogP contribution in [-0.4, -0.2) is 11.5 Å². The molecule has 0 amide bonds. The molecule has 0 aliphatic rings. The highest BCUT2D eigenvalue weighted by Crippen LogP contribution is 2.33. The molecule has 0 nitrogen and oxygen atoms in total. The number of hydrogen-bond acceptors (Lipinski definition) is 2. The fourth-order valence-electron chi connectivity index (χ4n) is 0.437. The van der Waals surface area contributed by atoms with Gasteiger partial charge in [0, 0.05) is 11.5 Å². The lowest BCUT2D eigenvalue weighted by atomic mass is 10.0. The van der Waals surface area contributed by atoms with E-state index in [0.29, 0.717) is 10.8 Å². The van der Waals surface area contributed by atoms with E-state index in [-0.39, 0.29) is 0 Å². The molecule has 0 fully saturated rings. The van der Waals surface area contributed by atoms with Crippen LogP contribution in [0.3, 0.4) is 0 Å². The summed E-state index contributed by atoms with van der Waals surface area (Å²) in [5.74, 6) is 2.49. The second-order valence-corrected chi connectivity index (χ2v) is 8.11. The molecule has 0 saturated heterocycles. The van der Waals surface area contributed by atoms with Gasteiger partial charge in [-0.15, -0.1) is 0 Å². The Hall–Kier alpha value is 0.700. The monoisotopic (exact) mass is 206 g/mol. The van der Waals surface area contributed by atoms with Crippen molar-refractivity contribution in [3.8, 4) is 0 Å². The lowest BCUT2D eigenvalue weighted by molar-refractivity contribution is 0.479. The molecule has 74 valence electrons. The molecule has 0 unspecified atom stereocenters. The normalized spacial score (nSPS) is 13.5. The highest BCUT2D eigenvalue weighted by Gasteiger charge is 2.13. The molecule has 2 heteroatoms. The first-order chi connectivity index (χ1) is 5.21. The summed E-state index contributed by atoms with van der Waals surface area (Å²) in [5, 5.41) is 0. The summed E-state index contributed by atoms with van der Waals surface area (Å²) < 4.78 is 0. The Morgan fingerprint density at radius 3 is 1.08 bits per heavy atom. The largest absolute Gasteiger partial charge is 0.0936 e. The smallest absolute Gasteiger partial charge is 0.00857 e. The summed E-state index contributed by atoms with van der Waals surface area (Å²) in [4.78, 5) is 0. The highest BCUT2D eigenvalue weighted by atomic mass is 33.1. The van der Waals surface area contributed by atoms with Crippen LogP contribution in [0.15, 0.2) is 0 Å². The summed E-state index contributed by atoms with van der Waals surface area (Å²) in [7, 11) is 4.01. The summed E-state index contributed by atoms with van der Waals surface area (Å²) >= 11 is 0. The third-order valence-electron chi connectivity index (χ3n) is 1.07. The molecule has 0 spiro atoms. The van der Waals surface area contributed by atoms with Gasteiger partial charge in [-0.2, -0.15) is 0 Å². The summed E-state index contributed by atoms with van der Waals surface area (Å²) in [6, 6.07) is 0. The highest BCUT2D eigenvalue weighted by molar-refractivity contribution is 8.76. The van der Waals surface area contributed by atoms with Gasteiger partial charge in [0.1, 0.15) is 0 Å². The van der Waals surface area contributed by atoms with Gasteiger partial charge in [0.15, 0.2) is 0 Å². The first-order valence-corrected chi connectivity index (χ1v) is 6.94. The van der Waals surface area contributed by atoms with E-state index in [9.17, 15) is 0 Å². The zero-order chi connectivity index (χ0) is 9.83. The lowest BCUT2D eigenvalue weighted by Gasteiger charge is -2.20. The van der Waals surface area contributed by atoms with Crippen LogP contribution in [0.5, 0.6) is 0 Å². The van der Waals surface area contributed by atoms with Gasteiger partial charge < -0.3 is 0 Å². The van der Waals surface area contributed by atoms with Crippen LogP contribution in [0, 0.1) is 10.8 Å². The third kappa shape index (κ3) is 10.7. The zero-order valence-corrected chi connectivity index (χ0v) is 10.9. The maximum Gasteiger partial charge on any atom is 0.00857 e. The molecule has 0 aromatic rings. The van der Waals surface area contributed by atoms with Gasteiger partial charge in [0.25, 0.3) is 0 Å². The molecule has 0 saturated carbocycles. The van der Waals surface area contributed by atoms with Crippen LogP contribution >= 0.6 is 21.6 Å². The van der Waals surface area contributed by atoms with Gasteiger partial charge in [-0.05, 0) is 10.8 Å². The molecule has 0 N–H and O–H groups in total. The van der Waals surface area contributed by atoms with Crippen molar-refractivity contribution < 1.29 is 0 Å². The zero-order valence-electron chi connectivity index (χ0n) is 9.23. The first kappa shape index (κ1) is 12.7. The van der Waals surface area contributed by atoms with E-state index in [1.165, 1.54) is 11.5 Å². The topological polar surface area (TPSA) is 0 Å². The van der Waals surface area contributed by atoms with Crippen molar-refractivity contribution >= 4 is 21.6 Å². The van der Waals surface area contributed by atoms with Crippen molar-refractivity contribution in [1.29, 1.82) is 0 Å². The summed E-state index contributed by atoms with van der Waals surface area (Å²) in [5.41, 5.74) is 0.936. The molecular formula is C10H22S2. The predicted octanol–water partition coefficient (Wildman–Crippen LogP) is 4.46. The summed E-state index contributed by atoms with van der Waals surface area (Å²) in [6.07, 6.45) is 0. The molecule has 0 aromatic heterocycles. The van der Waals surface area contributed by atoms with Crippen molar-refractivity contribution in [2.75, 3.05) is 11.5 Å². The van der Waals surface area contributed by atoms with Crippen LogP contribution in [0.4, 0.5) is 0 Å². The maximum absolute atomic E-state index is 2.29. The predicted molar refractivity (Wildman–Crippen MR) is 63.8 cm³/mol. The molecule has 0 aromatic carbocycles. The minimum absolute atomic E-state index is 0.468. The molecular weight excluding hydrogens is 184 g/mol. The SMILES string of the molecule is CC(C)(C)CSSCC(C)(C)C. The van der Waals surface area contributed by atoms with E-state index in [2.05, 4.69) is 41.5 Å². The van der Waals surface area contributed by atoms with Crippen LogP contribution in [0.1, 0.15) is 41.5 Å². The Balaban J connectivity index is 3.35. The standard InChI is InChI=1S/C10H22S2/c1-9(2,3)7-11-12-8-10(4,5)6/h7-8H2,1-6H3. The van der Waals surface area contributed by atoms with Crippen molar-refractivity contribution in [2.45, 2.75) is 41.5 Å². The molecule has 0 atom stereocenters. The van der Waals surface area contributed by atoms with Gasteiger partial charge in [0.2, 0.25) is 0 Å². The average Bonchev–Trinajstić information content (AvgIpc) is 1.76. The van der Waals surface area contributed by atoms with E-state index in [0.717, 1.165) is 0 Å². The Morgan fingerprint density at radius 1 is 0.667 bits per heavy atom. The van der Waals surface area contributed by atoms with Crippen molar-refractivity contribution in [1.82, 2.24) is 0 Å². The van der Waals surface area contributed by atoms with E-state index < -0.39 is 0 Å². The maximum atomic E-state index is 2.29. The molecule has 12 heavy (non-hydrogen) atoms. The van der Waals surface area contributed by atoms with Gasteiger partial charge >= 0.3 is 0 Å². The third-order valence-corrected chi connectivity index (χ3v) is 4.41. The molecule has 0 aliphatic heterocycles. The van der Waals surface area contributed by atoms with Gasteiger partial charge in [0.05, 0.1) is 0 Å². The molecule has 0 rings (SSSR count).